The Hall–Kier alpha value is -2.73. The molecule has 5 nitrogen and oxygen atoms in total. The number of methoxy groups -OCH3 is 1. The molecule has 2 aromatic carbocycles. The SMILES string of the molecule is CC(=O)NCC(=O)NCc1ccc(CCCc2cccc(F)c2)cc1.COC. The van der Waals surface area contributed by atoms with Crippen molar-refractivity contribution >= 4 is 11.8 Å². The highest BCUT2D eigenvalue weighted by Crippen LogP contribution is 2.11. The number of carbonyl (C=O) groups excluding carboxylic acids is 2. The lowest BCUT2D eigenvalue weighted by Crippen LogP contribution is -2.35. The molecular formula is C22H29FN2O3. The van der Waals surface area contributed by atoms with E-state index in [1.54, 1.807) is 26.4 Å². The Morgan fingerprint density at radius 3 is 2.14 bits per heavy atom. The maximum Gasteiger partial charge on any atom is 0.239 e. The third-order valence-electron chi connectivity index (χ3n) is 3.83. The number of carbonyl (C=O) groups is 2. The van der Waals surface area contributed by atoms with Gasteiger partial charge in [0.1, 0.15) is 5.82 Å². The number of ether oxygens (including phenoxy) is 1. The Kier molecular flexibility index (Phi) is 11.2. The van der Waals surface area contributed by atoms with Gasteiger partial charge in [0.25, 0.3) is 0 Å². The van der Waals surface area contributed by atoms with Gasteiger partial charge in [-0.1, -0.05) is 36.4 Å². The highest BCUT2D eigenvalue weighted by molar-refractivity contribution is 5.83. The number of hydrogen-bond acceptors (Lipinski definition) is 3. The molecule has 0 saturated heterocycles. The largest absolute Gasteiger partial charge is 0.388 e. The van der Waals surface area contributed by atoms with E-state index >= 15 is 0 Å². The van der Waals surface area contributed by atoms with Crippen LogP contribution in [0.1, 0.15) is 30.0 Å². The lowest BCUT2D eigenvalue weighted by molar-refractivity contribution is -0.125. The van der Waals surface area contributed by atoms with Crippen LogP contribution in [-0.4, -0.2) is 32.6 Å². The first-order valence-electron chi connectivity index (χ1n) is 9.18. The van der Waals surface area contributed by atoms with E-state index in [9.17, 15) is 14.0 Å². The molecule has 28 heavy (non-hydrogen) atoms. The summed E-state index contributed by atoms with van der Waals surface area (Å²) in [7, 11) is 3.25. The number of benzene rings is 2. The van der Waals surface area contributed by atoms with E-state index in [0.29, 0.717) is 6.54 Å². The Morgan fingerprint density at radius 1 is 0.929 bits per heavy atom. The van der Waals surface area contributed by atoms with Crippen molar-refractivity contribution in [1.29, 1.82) is 0 Å². The van der Waals surface area contributed by atoms with Gasteiger partial charge >= 0.3 is 0 Å². The summed E-state index contributed by atoms with van der Waals surface area (Å²) < 4.78 is 17.4. The molecule has 0 saturated carbocycles. The minimum absolute atomic E-state index is 0.00645. The van der Waals surface area contributed by atoms with Gasteiger partial charge < -0.3 is 15.4 Å². The molecule has 0 bridgehead atoms. The fourth-order valence-corrected chi connectivity index (χ4v) is 2.48. The molecule has 0 fully saturated rings. The number of aryl methyl sites for hydroxylation is 2. The molecule has 0 radical (unpaired) electrons. The van der Waals surface area contributed by atoms with E-state index in [4.69, 9.17) is 0 Å². The topological polar surface area (TPSA) is 67.4 Å². The number of hydrogen-bond donors (Lipinski definition) is 2. The van der Waals surface area contributed by atoms with Crippen molar-refractivity contribution in [3.05, 3.63) is 71.0 Å². The molecule has 2 rings (SSSR count). The van der Waals surface area contributed by atoms with Gasteiger partial charge in [-0.2, -0.15) is 0 Å². The van der Waals surface area contributed by atoms with Crippen molar-refractivity contribution < 1.29 is 18.7 Å². The second-order valence-corrected chi connectivity index (χ2v) is 6.39. The first-order chi connectivity index (χ1) is 13.4. The minimum Gasteiger partial charge on any atom is -0.388 e. The zero-order valence-corrected chi connectivity index (χ0v) is 16.8. The predicted molar refractivity (Wildman–Crippen MR) is 108 cm³/mol. The molecule has 0 atom stereocenters. The second-order valence-electron chi connectivity index (χ2n) is 6.39. The number of nitrogens with one attached hydrogen (secondary N) is 2. The fraction of sp³-hybridized carbons (Fsp3) is 0.364. The molecule has 2 amide bonds. The maximum atomic E-state index is 13.1. The van der Waals surface area contributed by atoms with E-state index in [1.165, 1.54) is 18.6 Å². The van der Waals surface area contributed by atoms with Gasteiger partial charge in [0.05, 0.1) is 6.54 Å². The molecule has 152 valence electrons. The average Bonchev–Trinajstić information content (AvgIpc) is 2.66. The summed E-state index contributed by atoms with van der Waals surface area (Å²) in [6, 6.07) is 14.8. The average molecular weight is 388 g/mol. The van der Waals surface area contributed by atoms with Crippen molar-refractivity contribution in [1.82, 2.24) is 10.6 Å². The standard InChI is InChI=1S/C20H23FN2O2.C2H6O/c1-15(24)22-14-20(25)23-13-18-10-8-16(9-11-18)4-2-5-17-6-3-7-19(21)12-17;1-3-2/h3,6-12H,2,4-5,13-14H2,1H3,(H,22,24)(H,23,25);1-2H3. The van der Waals surface area contributed by atoms with Gasteiger partial charge in [-0.25, -0.2) is 4.39 Å². The molecule has 6 heteroatoms. The van der Waals surface area contributed by atoms with Crippen LogP contribution in [0, 0.1) is 5.82 Å². The molecule has 0 heterocycles. The monoisotopic (exact) mass is 388 g/mol. The molecule has 0 unspecified atom stereocenters. The summed E-state index contributed by atoms with van der Waals surface area (Å²) in [6.07, 6.45) is 2.72. The smallest absolute Gasteiger partial charge is 0.239 e. The van der Waals surface area contributed by atoms with E-state index < -0.39 is 0 Å². The first kappa shape index (κ1) is 23.3. The number of halogens is 1. The van der Waals surface area contributed by atoms with Gasteiger partial charge in [-0.3, -0.25) is 9.59 Å². The lowest BCUT2D eigenvalue weighted by Gasteiger charge is -2.07. The van der Waals surface area contributed by atoms with Crippen molar-refractivity contribution in [2.24, 2.45) is 0 Å². The summed E-state index contributed by atoms with van der Waals surface area (Å²) in [5, 5.41) is 5.21. The third kappa shape index (κ3) is 10.4. The molecule has 2 aromatic rings. The lowest BCUT2D eigenvalue weighted by atomic mass is 10.0. The molecule has 0 aliphatic heterocycles. The van der Waals surface area contributed by atoms with Crippen LogP contribution in [0.2, 0.25) is 0 Å². The molecule has 2 N–H and O–H groups in total. The van der Waals surface area contributed by atoms with Crippen LogP contribution in [0.3, 0.4) is 0 Å². The molecule has 0 aliphatic carbocycles. The summed E-state index contributed by atoms with van der Waals surface area (Å²) in [5.74, 6) is -0.630. The van der Waals surface area contributed by atoms with Crippen LogP contribution in [0.4, 0.5) is 4.39 Å². The first-order valence-corrected chi connectivity index (χ1v) is 9.18. The summed E-state index contributed by atoms with van der Waals surface area (Å²) in [4.78, 5) is 22.3. The summed E-state index contributed by atoms with van der Waals surface area (Å²) >= 11 is 0. The van der Waals surface area contributed by atoms with E-state index in [1.807, 2.05) is 30.3 Å². The van der Waals surface area contributed by atoms with Gasteiger partial charge in [0, 0.05) is 27.7 Å². The van der Waals surface area contributed by atoms with Gasteiger partial charge in [-0.15, -0.1) is 0 Å². The van der Waals surface area contributed by atoms with Crippen LogP contribution >= 0.6 is 0 Å². The Morgan fingerprint density at radius 2 is 1.54 bits per heavy atom. The fourth-order valence-electron chi connectivity index (χ4n) is 2.48. The quantitative estimate of drug-likeness (QED) is 0.731. The van der Waals surface area contributed by atoms with Crippen LogP contribution in [0.5, 0.6) is 0 Å². The van der Waals surface area contributed by atoms with Gasteiger partial charge in [0.15, 0.2) is 0 Å². The van der Waals surface area contributed by atoms with E-state index in [0.717, 1.165) is 30.4 Å². The zero-order valence-electron chi connectivity index (χ0n) is 16.8. The van der Waals surface area contributed by atoms with Crippen LogP contribution < -0.4 is 10.6 Å². The Bertz CT molecular complexity index is 733. The van der Waals surface area contributed by atoms with Gasteiger partial charge in [-0.05, 0) is 48.1 Å². The molecule has 0 aromatic heterocycles. The van der Waals surface area contributed by atoms with E-state index in [-0.39, 0.29) is 24.2 Å². The maximum absolute atomic E-state index is 13.1. The molecular weight excluding hydrogens is 359 g/mol. The van der Waals surface area contributed by atoms with E-state index in [2.05, 4.69) is 15.4 Å². The summed E-state index contributed by atoms with van der Waals surface area (Å²) in [6.45, 7) is 1.80. The van der Waals surface area contributed by atoms with Crippen molar-refractivity contribution in [3.63, 3.8) is 0 Å². The highest BCUT2D eigenvalue weighted by atomic mass is 19.1. The molecule has 0 aliphatic rings. The highest BCUT2D eigenvalue weighted by Gasteiger charge is 2.02. The second kappa shape index (κ2) is 13.4. The van der Waals surface area contributed by atoms with Crippen LogP contribution in [0.25, 0.3) is 0 Å². The predicted octanol–water partition coefficient (Wildman–Crippen LogP) is 3.02. The Labute approximate surface area is 166 Å². The minimum atomic E-state index is -0.224. The normalized spacial score (nSPS) is 9.86. The summed E-state index contributed by atoms with van der Waals surface area (Å²) in [5.41, 5.74) is 3.23. The zero-order chi connectivity index (χ0) is 20.8. The van der Waals surface area contributed by atoms with Gasteiger partial charge in [0.2, 0.25) is 11.8 Å². The number of rotatable bonds is 8. The molecule has 0 spiro atoms. The van der Waals surface area contributed by atoms with Crippen molar-refractivity contribution in [2.45, 2.75) is 32.7 Å². The Balaban J connectivity index is 0.00000122. The van der Waals surface area contributed by atoms with Crippen LogP contribution in [-0.2, 0) is 33.7 Å². The number of amides is 2. The van der Waals surface area contributed by atoms with Crippen molar-refractivity contribution in [2.75, 3.05) is 20.8 Å². The van der Waals surface area contributed by atoms with Crippen LogP contribution in [0.15, 0.2) is 48.5 Å². The van der Waals surface area contributed by atoms with Crippen molar-refractivity contribution in [3.8, 4) is 0 Å². The third-order valence-corrected chi connectivity index (χ3v) is 3.83.